The molecule has 0 N–H and O–H groups in total. The molecule has 0 bridgehead atoms. The van der Waals surface area contributed by atoms with E-state index in [9.17, 15) is 0 Å². The normalized spacial score (nSPS) is 10.9. The molecule has 23 heavy (non-hydrogen) atoms. The fraction of sp³-hybridized carbons (Fsp3) is 0.316. The lowest BCUT2D eigenvalue weighted by Crippen LogP contribution is -2.04. The van der Waals surface area contributed by atoms with Crippen molar-refractivity contribution in [3.8, 4) is 11.5 Å². The van der Waals surface area contributed by atoms with Crippen molar-refractivity contribution in [2.75, 3.05) is 13.7 Å². The average Bonchev–Trinajstić information content (AvgIpc) is 2.90. The molecule has 1 heterocycles. The molecule has 4 heteroatoms. The van der Waals surface area contributed by atoms with Crippen molar-refractivity contribution in [1.82, 2.24) is 9.55 Å². The van der Waals surface area contributed by atoms with Gasteiger partial charge < -0.3 is 14.0 Å². The number of hydrogen-bond acceptors (Lipinski definition) is 3. The highest BCUT2D eigenvalue weighted by atomic mass is 16.5. The minimum atomic E-state index is 0.707. The van der Waals surface area contributed by atoms with Gasteiger partial charge >= 0.3 is 0 Å². The topological polar surface area (TPSA) is 36.3 Å². The van der Waals surface area contributed by atoms with Gasteiger partial charge in [0.1, 0.15) is 17.3 Å². The zero-order valence-corrected chi connectivity index (χ0v) is 13.7. The number of imidazole rings is 1. The van der Waals surface area contributed by atoms with Crippen molar-refractivity contribution < 1.29 is 9.47 Å². The first-order valence-corrected chi connectivity index (χ1v) is 7.96. The van der Waals surface area contributed by atoms with E-state index in [-0.39, 0.29) is 0 Å². The molecule has 0 aliphatic heterocycles. The van der Waals surface area contributed by atoms with Gasteiger partial charge in [-0.25, -0.2) is 4.98 Å². The second-order valence-corrected chi connectivity index (χ2v) is 5.53. The summed E-state index contributed by atoms with van der Waals surface area (Å²) in [6.07, 6.45) is 2.06. The van der Waals surface area contributed by atoms with E-state index in [1.54, 1.807) is 7.11 Å². The number of nitrogens with zero attached hydrogens (tertiary/aromatic N) is 2. The Kier molecular flexibility index (Phi) is 4.81. The molecule has 2 aromatic carbocycles. The Morgan fingerprint density at radius 3 is 2.70 bits per heavy atom. The molecule has 0 amide bonds. The van der Waals surface area contributed by atoms with E-state index in [1.807, 2.05) is 30.3 Å². The van der Waals surface area contributed by atoms with Crippen LogP contribution in [0.3, 0.4) is 0 Å². The van der Waals surface area contributed by atoms with E-state index < -0.39 is 0 Å². The predicted octanol–water partition coefficient (Wildman–Crippen LogP) is 4.21. The number of methoxy groups -OCH3 is 1. The number of rotatable bonds is 7. The number of aryl methyl sites for hydroxylation is 2. The van der Waals surface area contributed by atoms with Gasteiger partial charge in [0.15, 0.2) is 0 Å². The van der Waals surface area contributed by atoms with Gasteiger partial charge in [0.05, 0.1) is 24.8 Å². The SMILES string of the molecule is COc1cccc(OCCCCn2c(C)nc3ccccc32)c1. The van der Waals surface area contributed by atoms with Gasteiger partial charge in [-0.15, -0.1) is 0 Å². The molecular formula is C19H22N2O2. The van der Waals surface area contributed by atoms with Crippen LogP contribution in [0.5, 0.6) is 11.5 Å². The monoisotopic (exact) mass is 310 g/mol. The first kappa shape index (κ1) is 15.4. The van der Waals surface area contributed by atoms with Crippen molar-refractivity contribution >= 4 is 11.0 Å². The summed E-state index contributed by atoms with van der Waals surface area (Å²) in [5, 5.41) is 0. The molecule has 0 unspecified atom stereocenters. The van der Waals surface area contributed by atoms with Crippen LogP contribution in [0.2, 0.25) is 0 Å². The molecule has 0 saturated carbocycles. The highest BCUT2D eigenvalue weighted by Crippen LogP contribution is 2.19. The highest BCUT2D eigenvalue weighted by molar-refractivity contribution is 5.75. The minimum absolute atomic E-state index is 0.707. The van der Waals surface area contributed by atoms with Crippen molar-refractivity contribution in [3.05, 3.63) is 54.4 Å². The fourth-order valence-electron chi connectivity index (χ4n) is 2.73. The summed E-state index contributed by atoms with van der Waals surface area (Å²) >= 11 is 0. The Morgan fingerprint density at radius 2 is 1.83 bits per heavy atom. The number of benzene rings is 2. The van der Waals surface area contributed by atoms with Crippen LogP contribution in [0.25, 0.3) is 11.0 Å². The van der Waals surface area contributed by atoms with Gasteiger partial charge in [-0.3, -0.25) is 0 Å². The van der Waals surface area contributed by atoms with Crippen LogP contribution in [-0.4, -0.2) is 23.3 Å². The maximum Gasteiger partial charge on any atom is 0.122 e. The van der Waals surface area contributed by atoms with E-state index in [0.717, 1.165) is 42.2 Å². The molecule has 120 valence electrons. The van der Waals surface area contributed by atoms with E-state index >= 15 is 0 Å². The lowest BCUT2D eigenvalue weighted by Gasteiger charge is -2.09. The zero-order valence-electron chi connectivity index (χ0n) is 13.7. The lowest BCUT2D eigenvalue weighted by molar-refractivity contribution is 0.301. The lowest BCUT2D eigenvalue weighted by atomic mass is 10.3. The number of hydrogen-bond donors (Lipinski definition) is 0. The van der Waals surface area contributed by atoms with E-state index in [1.165, 1.54) is 5.52 Å². The molecule has 0 aliphatic rings. The molecular weight excluding hydrogens is 288 g/mol. The molecule has 0 atom stereocenters. The number of para-hydroxylation sites is 2. The van der Waals surface area contributed by atoms with Gasteiger partial charge in [-0.05, 0) is 44.0 Å². The standard InChI is InChI=1S/C19H22N2O2/c1-15-20-18-10-3-4-11-19(18)21(15)12-5-6-13-23-17-9-7-8-16(14-17)22-2/h3-4,7-11,14H,5-6,12-13H2,1-2H3. The number of ether oxygens (including phenoxy) is 2. The summed E-state index contributed by atoms with van der Waals surface area (Å²) in [6, 6.07) is 16.0. The van der Waals surface area contributed by atoms with Gasteiger partial charge in [-0.2, -0.15) is 0 Å². The number of fused-ring (bicyclic) bond motifs is 1. The Morgan fingerprint density at radius 1 is 1.00 bits per heavy atom. The Labute approximate surface area is 136 Å². The van der Waals surface area contributed by atoms with E-state index in [0.29, 0.717) is 6.61 Å². The van der Waals surface area contributed by atoms with E-state index in [4.69, 9.17) is 9.47 Å². The summed E-state index contributed by atoms with van der Waals surface area (Å²) in [5.41, 5.74) is 2.27. The Balaban J connectivity index is 1.50. The molecule has 3 rings (SSSR count). The third-order valence-electron chi connectivity index (χ3n) is 3.93. The molecule has 1 aromatic heterocycles. The maximum absolute atomic E-state index is 5.78. The number of unbranched alkanes of at least 4 members (excludes halogenated alkanes) is 1. The van der Waals surface area contributed by atoms with Crippen LogP contribution in [0, 0.1) is 6.92 Å². The predicted molar refractivity (Wildman–Crippen MR) is 92.2 cm³/mol. The average molecular weight is 310 g/mol. The summed E-state index contributed by atoms with van der Waals surface area (Å²) < 4.78 is 13.3. The van der Waals surface area contributed by atoms with Crippen LogP contribution >= 0.6 is 0 Å². The first-order chi connectivity index (χ1) is 11.3. The smallest absolute Gasteiger partial charge is 0.122 e. The van der Waals surface area contributed by atoms with Crippen molar-refractivity contribution in [1.29, 1.82) is 0 Å². The minimum Gasteiger partial charge on any atom is -0.497 e. The van der Waals surface area contributed by atoms with Gasteiger partial charge in [0.25, 0.3) is 0 Å². The van der Waals surface area contributed by atoms with Crippen LogP contribution < -0.4 is 9.47 Å². The third kappa shape index (κ3) is 3.65. The molecule has 3 aromatic rings. The van der Waals surface area contributed by atoms with E-state index in [2.05, 4.69) is 34.7 Å². The second-order valence-electron chi connectivity index (χ2n) is 5.53. The summed E-state index contributed by atoms with van der Waals surface area (Å²) in [4.78, 5) is 4.60. The molecule has 0 saturated heterocycles. The molecule has 0 fully saturated rings. The molecule has 0 spiro atoms. The van der Waals surface area contributed by atoms with Crippen molar-refractivity contribution in [2.45, 2.75) is 26.3 Å². The molecule has 0 radical (unpaired) electrons. The Bertz CT molecular complexity index is 780. The van der Waals surface area contributed by atoms with Crippen LogP contribution in [-0.2, 0) is 6.54 Å². The Hall–Kier alpha value is -2.49. The van der Waals surface area contributed by atoms with Crippen molar-refractivity contribution in [2.24, 2.45) is 0 Å². The third-order valence-corrected chi connectivity index (χ3v) is 3.93. The van der Waals surface area contributed by atoms with Gasteiger partial charge in [0, 0.05) is 12.6 Å². The second kappa shape index (κ2) is 7.18. The quantitative estimate of drug-likeness (QED) is 0.613. The summed E-state index contributed by atoms with van der Waals surface area (Å²) in [7, 11) is 1.66. The molecule has 0 aliphatic carbocycles. The summed E-state index contributed by atoms with van der Waals surface area (Å²) in [5.74, 6) is 2.75. The largest absolute Gasteiger partial charge is 0.497 e. The van der Waals surface area contributed by atoms with Crippen LogP contribution in [0.4, 0.5) is 0 Å². The van der Waals surface area contributed by atoms with Crippen LogP contribution in [0.1, 0.15) is 18.7 Å². The van der Waals surface area contributed by atoms with Gasteiger partial charge in [-0.1, -0.05) is 18.2 Å². The highest BCUT2D eigenvalue weighted by Gasteiger charge is 2.06. The van der Waals surface area contributed by atoms with Crippen LogP contribution in [0.15, 0.2) is 48.5 Å². The van der Waals surface area contributed by atoms with Gasteiger partial charge in [0.2, 0.25) is 0 Å². The maximum atomic E-state index is 5.78. The first-order valence-electron chi connectivity index (χ1n) is 7.96. The summed E-state index contributed by atoms with van der Waals surface area (Å²) in [6.45, 7) is 3.74. The molecule has 4 nitrogen and oxygen atoms in total. The number of aromatic nitrogens is 2. The fourth-order valence-corrected chi connectivity index (χ4v) is 2.73. The van der Waals surface area contributed by atoms with Crippen molar-refractivity contribution in [3.63, 3.8) is 0 Å². The zero-order chi connectivity index (χ0) is 16.1.